The van der Waals surface area contributed by atoms with E-state index in [4.69, 9.17) is 4.74 Å². The second-order valence-electron chi connectivity index (χ2n) is 7.60. The molecule has 2 amide bonds. The highest BCUT2D eigenvalue weighted by atomic mass is 19.1. The first-order valence-corrected chi connectivity index (χ1v) is 9.75. The Hall–Kier alpha value is -2.87. The highest BCUT2D eigenvalue weighted by Gasteiger charge is 2.42. The van der Waals surface area contributed by atoms with Crippen molar-refractivity contribution >= 4 is 17.5 Å². The highest BCUT2D eigenvalue weighted by Crippen LogP contribution is 2.33. The third-order valence-corrected chi connectivity index (χ3v) is 5.56. The molecular formula is C21H23FN4O3. The first-order valence-electron chi connectivity index (χ1n) is 9.75. The van der Waals surface area contributed by atoms with Crippen LogP contribution in [-0.2, 0) is 9.53 Å². The molecule has 152 valence electrons. The molecule has 7 nitrogen and oxygen atoms in total. The number of ether oxygens (including phenoxy) is 1. The van der Waals surface area contributed by atoms with E-state index in [1.807, 2.05) is 6.92 Å². The van der Waals surface area contributed by atoms with Gasteiger partial charge in [0.15, 0.2) is 0 Å². The van der Waals surface area contributed by atoms with Gasteiger partial charge in [0.05, 0.1) is 12.1 Å². The van der Waals surface area contributed by atoms with E-state index < -0.39 is 5.60 Å². The largest absolute Gasteiger partial charge is 0.363 e. The number of morpholine rings is 1. The number of anilines is 1. The Bertz CT molecular complexity index is 920. The maximum atomic E-state index is 13.3. The van der Waals surface area contributed by atoms with Crippen LogP contribution in [0.1, 0.15) is 35.6 Å². The summed E-state index contributed by atoms with van der Waals surface area (Å²) in [5.41, 5.74) is 0.883. The smallest absolute Gasteiger partial charge is 0.291 e. The van der Waals surface area contributed by atoms with E-state index >= 15 is 0 Å². The average molecular weight is 398 g/mol. The van der Waals surface area contributed by atoms with Gasteiger partial charge in [-0.3, -0.25) is 9.59 Å². The number of aromatic nitrogens is 2. The van der Waals surface area contributed by atoms with Gasteiger partial charge in [0, 0.05) is 30.7 Å². The van der Waals surface area contributed by atoms with Crippen molar-refractivity contribution in [1.82, 2.24) is 14.9 Å². The first-order chi connectivity index (χ1) is 14.0. The fraction of sp³-hybridized carbons (Fsp3) is 0.429. The van der Waals surface area contributed by atoms with Crippen molar-refractivity contribution in [2.45, 2.75) is 31.8 Å². The number of hydrogen-bond donors (Lipinski definition) is 0. The van der Waals surface area contributed by atoms with Crippen LogP contribution in [0.15, 0.2) is 36.5 Å². The second kappa shape index (κ2) is 7.87. The first kappa shape index (κ1) is 19.4. The monoisotopic (exact) mass is 398 g/mol. The predicted octanol–water partition coefficient (Wildman–Crippen LogP) is 2.35. The molecular weight excluding hydrogens is 375 g/mol. The number of halogens is 1. The molecule has 2 aliphatic rings. The van der Waals surface area contributed by atoms with Crippen molar-refractivity contribution < 1.29 is 18.7 Å². The Morgan fingerprint density at radius 1 is 1.17 bits per heavy atom. The van der Waals surface area contributed by atoms with Gasteiger partial charge in [-0.15, -0.1) is 0 Å². The number of benzene rings is 1. The quantitative estimate of drug-likeness (QED) is 0.776. The van der Waals surface area contributed by atoms with Crippen LogP contribution in [0.3, 0.4) is 0 Å². The van der Waals surface area contributed by atoms with Gasteiger partial charge in [-0.25, -0.2) is 14.4 Å². The van der Waals surface area contributed by atoms with Gasteiger partial charge in [0.25, 0.3) is 11.8 Å². The van der Waals surface area contributed by atoms with Gasteiger partial charge < -0.3 is 14.5 Å². The van der Waals surface area contributed by atoms with Crippen molar-refractivity contribution in [1.29, 1.82) is 0 Å². The Kier molecular flexibility index (Phi) is 5.27. The Balaban J connectivity index is 1.48. The highest BCUT2D eigenvalue weighted by molar-refractivity contribution is 5.95. The fourth-order valence-corrected chi connectivity index (χ4v) is 3.94. The molecule has 3 heterocycles. The molecule has 2 aromatic rings. The zero-order valence-electron chi connectivity index (χ0n) is 16.3. The summed E-state index contributed by atoms with van der Waals surface area (Å²) < 4.78 is 19.3. The Labute approximate surface area is 168 Å². The molecule has 4 rings (SSSR count). The number of carbonyl (C=O) groups excluding carboxylic acids is 2. The molecule has 2 aliphatic heterocycles. The van der Waals surface area contributed by atoms with Gasteiger partial charge in [-0.1, -0.05) is 0 Å². The third-order valence-electron chi connectivity index (χ3n) is 5.56. The Morgan fingerprint density at radius 3 is 2.72 bits per heavy atom. The average Bonchev–Trinajstić information content (AvgIpc) is 2.93. The lowest BCUT2D eigenvalue weighted by Gasteiger charge is -2.42. The maximum Gasteiger partial charge on any atom is 0.291 e. The summed E-state index contributed by atoms with van der Waals surface area (Å²) in [5.74, 6) is -0.472. The predicted molar refractivity (Wildman–Crippen MR) is 104 cm³/mol. The molecule has 1 atom stereocenters. The molecule has 0 N–H and O–H groups in total. The van der Waals surface area contributed by atoms with Gasteiger partial charge >= 0.3 is 0 Å². The van der Waals surface area contributed by atoms with E-state index in [2.05, 4.69) is 9.97 Å². The normalized spacial score (nSPS) is 22.6. The van der Waals surface area contributed by atoms with Crippen LogP contribution in [0, 0.1) is 12.7 Å². The van der Waals surface area contributed by atoms with E-state index in [1.165, 1.54) is 12.1 Å². The summed E-state index contributed by atoms with van der Waals surface area (Å²) in [4.78, 5) is 37.0. The molecule has 0 aliphatic carbocycles. The van der Waals surface area contributed by atoms with Crippen LogP contribution < -0.4 is 4.90 Å². The summed E-state index contributed by atoms with van der Waals surface area (Å²) >= 11 is 0. The maximum absolute atomic E-state index is 13.3. The van der Waals surface area contributed by atoms with Crippen molar-refractivity contribution in [2.24, 2.45) is 0 Å². The zero-order valence-corrected chi connectivity index (χ0v) is 16.3. The van der Waals surface area contributed by atoms with Crippen molar-refractivity contribution in [3.05, 3.63) is 53.9 Å². The molecule has 2 fully saturated rings. The lowest BCUT2D eigenvalue weighted by atomic mass is 9.92. The van der Waals surface area contributed by atoms with Crippen LogP contribution in [0.2, 0.25) is 0 Å². The third kappa shape index (κ3) is 4.12. The summed E-state index contributed by atoms with van der Waals surface area (Å²) in [5, 5.41) is 0. The minimum Gasteiger partial charge on any atom is -0.363 e. The molecule has 1 aromatic carbocycles. The van der Waals surface area contributed by atoms with Crippen LogP contribution in [0.4, 0.5) is 10.1 Å². The minimum absolute atomic E-state index is 0.0215. The molecule has 0 bridgehead atoms. The molecule has 0 saturated carbocycles. The van der Waals surface area contributed by atoms with Crippen LogP contribution >= 0.6 is 0 Å². The van der Waals surface area contributed by atoms with Crippen LogP contribution in [0.25, 0.3) is 0 Å². The molecule has 29 heavy (non-hydrogen) atoms. The van der Waals surface area contributed by atoms with E-state index in [0.717, 1.165) is 18.5 Å². The van der Waals surface area contributed by atoms with Crippen LogP contribution in [0.5, 0.6) is 0 Å². The lowest BCUT2D eigenvalue weighted by Crippen LogP contribution is -2.55. The molecule has 0 radical (unpaired) electrons. The number of carbonyl (C=O) groups is 2. The lowest BCUT2D eigenvalue weighted by molar-refractivity contribution is -0.140. The summed E-state index contributed by atoms with van der Waals surface area (Å²) in [7, 11) is 0. The van der Waals surface area contributed by atoms with E-state index in [0.29, 0.717) is 31.7 Å². The minimum atomic E-state index is -0.523. The number of hydrogen-bond acceptors (Lipinski definition) is 5. The number of rotatable bonds is 2. The van der Waals surface area contributed by atoms with Gasteiger partial charge in [0.1, 0.15) is 12.4 Å². The second-order valence-corrected chi connectivity index (χ2v) is 7.60. The van der Waals surface area contributed by atoms with E-state index in [9.17, 15) is 14.0 Å². The fourth-order valence-electron chi connectivity index (χ4n) is 3.94. The van der Waals surface area contributed by atoms with E-state index in [1.54, 1.807) is 34.2 Å². The molecule has 2 saturated heterocycles. The molecule has 1 spiro atoms. The van der Waals surface area contributed by atoms with Gasteiger partial charge in [-0.2, -0.15) is 0 Å². The Morgan fingerprint density at radius 2 is 1.97 bits per heavy atom. The standard InChI is InChI=1S/C21H23FN4O3/c1-15-7-10-23-19(24-15)20(28)25-11-2-8-21(9-12-25)14-26(18(27)13-29-21)17-5-3-16(22)4-6-17/h3-7,10H,2,8-9,11-14H2,1H3. The topological polar surface area (TPSA) is 75.6 Å². The van der Waals surface area contributed by atoms with Crippen molar-refractivity contribution in [3.8, 4) is 0 Å². The summed E-state index contributed by atoms with van der Waals surface area (Å²) in [6.07, 6.45) is 3.68. The summed E-state index contributed by atoms with van der Waals surface area (Å²) in [6, 6.07) is 7.66. The summed E-state index contributed by atoms with van der Waals surface area (Å²) in [6.45, 7) is 3.28. The van der Waals surface area contributed by atoms with Gasteiger partial charge in [0.2, 0.25) is 5.82 Å². The SMILES string of the molecule is Cc1ccnc(C(=O)N2CCCC3(CC2)CN(c2ccc(F)cc2)C(=O)CO3)n1. The van der Waals surface area contributed by atoms with Crippen molar-refractivity contribution in [3.63, 3.8) is 0 Å². The van der Waals surface area contributed by atoms with E-state index in [-0.39, 0.29) is 30.1 Å². The number of nitrogens with zero attached hydrogens (tertiary/aromatic N) is 4. The molecule has 1 aromatic heterocycles. The van der Waals surface area contributed by atoms with Gasteiger partial charge in [-0.05, 0) is 56.5 Å². The van der Waals surface area contributed by atoms with Crippen molar-refractivity contribution in [2.75, 3.05) is 31.1 Å². The molecule has 8 heteroatoms. The number of amides is 2. The van der Waals surface area contributed by atoms with Crippen LogP contribution in [-0.4, -0.2) is 58.5 Å². The zero-order chi connectivity index (χ0) is 20.4. The molecule has 1 unspecified atom stereocenters. The number of aryl methyl sites for hydroxylation is 1. The number of likely N-dealkylation sites (tertiary alicyclic amines) is 1.